The molecule has 0 aliphatic rings. The summed E-state index contributed by atoms with van der Waals surface area (Å²) >= 11 is 0. The fraction of sp³-hybridized carbons (Fsp3) is 0.385. The maximum absolute atomic E-state index is 9.33. The highest BCUT2D eigenvalue weighted by molar-refractivity contribution is 5.46. The SMILES string of the molecule is COc1cccc(CO)c1OCc1nnc(C)n1C. The van der Waals surface area contributed by atoms with Crippen LogP contribution in [0.5, 0.6) is 11.5 Å². The predicted octanol–water partition coefficient (Wildman–Crippen LogP) is 1.20. The van der Waals surface area contributed by atoms with Crippen molar-refractivity contribution in [3.63, 3.8) is 0 Å². The Morgan fingerprint density at radius 1 is 1.32 bits per heavy atom. The summed E-state index contributed by atoms with van der Waals surface area (Å²) < 4.78 is 12.8. The second-order valence-corrected chi connectivity index (χ2v) is 4.12. The zero-order valence-electron chi connectivity index (χ0n) is 11.3. The van der Waals surface area contributed by atoms with E-state index in [1.165, 1.54) is 0 Å². The van der Waals surface area contributed by atoms with Gasteiger partial charge in [-0.2, -0.15) is 0 Å². The minimum absolute atomic E-state index is 0.107. The van der Waals surface area contributed by atoms with Crippen molar-refractivity contribution in [2.24, 2.45) is 7.05 Å². The molecule has 0 spiro atoms. The van der Waals surface area contributed by atoms with Crippen LogP contribution < -0.4 is 9.47 Å². The maximum Gasteiger partial charge on any atom is 0.170 e. The topological polar surface area (TPSA) is 69.4 Å². The number of ether oxygens (including phenoxy) is 2. The third kappa shape index (κ3) is 2.68. The molecule has 0 saturated heterocycles. The molecule has 0 aliphatic carbocycles. The van der Waals surface area contributed by atoms with Gasteiger partial charge in [0.05, 0.1) is 13.7 Å². The van der Waals surface area contributed by atoms with Crippen LogP contribution in [0.2, 0.25) is 0 Å². The van der Waals surface area contributed by atoms with Crippen molar-refractivity contribution in [1.29, 1.82) is 0 Å². The highest BCUT2D eigenvalue weighted by Gasteiger charge is 2.12. The summed E-state index contributed by atoms with van der Waals surface area (Å²) in [6.07, 6.45) is 0. The van der Waals surface area contributed by atoms with E-state index < -0.39 is 0 Å². The van der Waals surface area contributed by atoms with Crippen LogP contribution in [0, 0.1) is 6.92 Å². The second-order valence-electron chi connectivity index (χ2n) is 4.12. The van der Waals surface area contributed by atoms with Gasteiger partial charge in [0.25, 0.3) is 0 Å². The first-order valence-electron chi connectivity index (χ1n) is 5.91. The molecule has 1 aromatic heterocycles. The van der Waals surface area contributed by atoms with Crippen LogP contribution in [0.25, 0.3) is 0 Å². The monoisotopic (exact) mass is 263 g/mol. The Hall–Kier alpha value is -2.08. The molecule has 2 aromatic rings. The van der Waals surface area contributed by atoms with E-state index in [9.17, 15) is 5.11 Å². The zero-order chi connectivity index (χ0) is 13.8. The molecule has 2 rings (SSSR count). The predicted molar refractivity (Wildman–Crippen MR) is 69.0 cm³/mol. The van der Waals surface area contributed by atoms with E-state index in [0.717, 1.165) is 5.82 Å². The number of aliphatic hydroxyl groups is 1. The first-order chi connectivity index (χ1) is 9.17. The van der Waals surface area contributed by atoms with Crippen molar-refractivity contribution in [3.05, 3.63) is 35.4 Å². The molecule has 1 heterocycles. The zero-order valence-corrected chi connectivity index (χ0v) is 11.3. The second kappa shape index (κ2) is 5.71. The average Bonchev–Trinajstić information content (AvgIpc) is 2.76. The molecule has 0 radical (unpaired) electrons. The molecule has 6 heteroatoms. The van der Waals surface area contributed by atoms with Crippen molar-refractivity contribution >= 4 is 0 Å². The molecule has 6 nitrogen and oxygen atoms in total. The molecule has 0 bridgehead atoms. The fourth-order valence-electron chi connectivity index (χ4n) is 1.72. The van der Waals surface area contributed by atoms with Crippen molar-refractivity contribution < 1.29 is 14.6 Å². The minimum atomic E-state index is -0.107. The Balaban J connectivity index is 2.21. The summed E-state index contributed by atoms with van der Waals surface area (Å²) in [4.78, 5) is 0. The lowest BCUT2D eigenvalue weighted by atomic mass is 10.2. The molecule has 1 N–H and O–H groups in total. The lowest BCUT2D eigenvalue weighted by molar-refractivity contribution is 0.244. The summed E-state index contributed by atoms with van der Waals surface area (Å²) in [6.45, 7) is 2.04. The van der Waals surface area contributed by atoms with Gasteiger partial charge < -0.3 is 19.1 Å². The smallest absolute Gasteiger partial charge is 0.170 e. The number of benzene rings is 1. The standard InChI is InChI=1S/C13H17N3O3/c1-9-14-15-12(16(9)2)8-19-13-10(7-17)5-4-6-11(13)18-3/h4-6,17H,7-8H2,1-3H3. The maximum atomic E-state index is 9.33. The van der Waals surface area contributed by atoms with Crippen LogP contribution in [0.15, 0.2) is 18.2 Å². The van der Waals surface area contributed by atoms with E-state index in [-0.39, 0.29) is 13.2 Å². The number of hydrogen-bond donors (Lipinski definition) is 1. The highest BCUT2D eigenvalue weighted by Crippen LogP contribution is 2.31. The number of nitrogens with zero attached hydrogens (tertiary/aromatic N) is 3. The van der Waals surface area contributed by atoms with Crippen LogP contribution in [0.4, 0.5) is 0 Å². The van der Waals surface area contributed by atoms with Crippen LogP contribution >= 0.6 is 0 Å². The number of methoxy groups -OCH3 is 1. The molecule has 0 atom stereocenters. The summed E-state index contributed by atoms with van der Waals surface area (Å²) in [5, 5.41) is 17.3. The van der Waals surface area contributed by atoms with Gasteiger partial charge in [-0.05, 0) is 13.0 Å². The van der Waals surface area contributed by atoms with E-state index >= 15 is 0 Å². The van der Waals surface area contributed by atoms with E-state index in [4.69, 9.17) is 9.47 Å². The highest BCUT2D eigenvalue weighted by atomic mass is 16.5. The van der Waals surface area contributed by atoms with Gasteiger partial charge in [0.15, 0.2) is 17.3 Å². The quantitative estimate of drug-likeness (QED) is 0.878. The molecular weight excluding hydrogens is 246 g/mol. The largest absolute Gasteiger partial charge is 0.493 e. The molecule has 19 heavy (non-hydrogen) atoms. The van der Waals surface area contributed by atoms with Crippen LogP contribution in [-0.2, 0) is 20.3 Å². The van der Waals surface area contributed by atoms with E-state index in [2.05, 4.69) is 10.2 Å². The van der Waals surface area contributed by atoms with Gasteiger partial charge in [-0.3, -0.25) is 0 Å². The van der Waals surface area contributed by atoms with Crippen molar-refractivity contribution in [2.45, 2.75) is 20.1 Å². The van der Waals surface area contributed by atoms with Crippen LogP contribution in [-0.4, -0.2) is 27.0 Å². The number of aliphatic hydroxyl groups excluding tert-OH is 1. The molecule has 0 aliphatic heterocycles. The number of hydrogen-bond acceptors (Lipinski definition) is 5. The van der Waals surface area contributed by atoms with Crippen molar-refractivity contribution in [2.75, 3.05) is 7.11 Å². The van der Waals surface area contributed by atoms with Gasteiger partial charge in [0, 0.05) is 12.6 Å². The van der Waals surface area contributed by atoms with Crippen LogP contribution in [0.1, 0.15) is 17.2 Å². The number of para-hydroxylation sites is 1. The third-order valence-corrected chi connectivity index (χ3v) is 2.98. The Morgan fingerprint density at radius 3 is 2.68 bits per heavy atom. The van der Waals surface area contributed by atoms with E-state index in [1.54, 1.807) is 19.2 Å². The summed E-state index contributed by atoms with van der Waals surface area (Å²) in [6, 6.07) is 5.39. The van der Waals surface area contributed by atoms with E-state index in [1.807, 2.05) is 24.6 Å². The van der Waals surface area contributed by atoms with Gasteiger partial charge in [-0.15, -0.1) is 10.2 Å². The van der Waals surface area contributed by atoms with Crippen LogP contribution in [0.3, 0.4) is 0 Å². The molecule has 0 saturated carbocycles. The lowest BCUT2D eigenvalue weighted by Gasteiger charge is -2.13. The molecule has 102 valence electrons. The van der Waals surface area contributed by atoms with Gasteiger partial charge in [0.1, 0.15) is 12.4 Å². The fourth-order valence-corrected chi connectivity index (χ4v) is 1.72. The van der Waals surface area contributed by atoms with Gasteiger partial charge in [-0.1, -0.05) is 12.1 Å². The van der Waals surface area contributed by atoms with Crippen molar-refractivity contribution in [1.82, 2.24) is 14.8 Å². The molecule has 0 fully saturated rings. The number of aryl methyl sites for hydroxylation is 1. The average molecular weight is 263 g/mol. The Morgan fingerprint density at radius 2 is 2.11 bits per heavy atom. The molecular formula is C13H17N3O3. The summed E-state index contributed by atoms with van der Waals surface area (Å²) in [7, 11) is 3.44. The Kier molecular flexibility index (Phi) is 4.01. The Labute approximate surface area is 111 Å². The van der Waals surface area contributed by atoms with E-state index in [0.29, 0.717) is 22.9 Å². The number of rotatable bonds is 5. The Bertz CT molecular complexity index is 544. The normalized spacial score (nSPS) is 10.5. The minimum Gasteiger partial charge on any atom is -0.493 e. The summed E-state index contributed by atoms with van der Waals surface area (Å²) in [5.41, 5.74) is 0.679. The third-order valence-electron chi connectivity index (χ3n) is 2.98. The van der Waals surface area contributed by atoms with Crippen molar-refractivity contribution in [3.8, 4) is 11.5 Å². The molecule has 0 unspecified atom stereocenters. The first-order valence-corrected chi connectivity index (χ1v) is 5.91. The van der Waals surface area contributed by atoms with Gasteiger partial charge in [0.2, 0.25) is 0 Å². The molecule has 1 aromatic carbocycles. The molecule has 0 amide bonds. The lowest BCUT2D eigenvalue weighted by Crippen LogP contribution is -2.06. The summed E-state index contributed by atoms with van der Waals surface area (Å²) in [5.74, 6) is 2.66. The van der Waals surface area contributed by atoms with Gasteiger partial charge in [-0.25, -0.2) is 0 Å². The first kappa shape index (κ1) is 13.4. The van der Waals surface area contributed by atoms with Gasteiger partial charge >= 0.3 is 0 Å². The number of aromatic nitrogens is 3.